The van der Waals surface area contributed by atoms with Crippen molar-refractivity contribution < 1.29 is 22.4 Å². The number of hydrogen-bond donors (Lipinski definition) is 1. The Balaban J connectivity index is 0.00000225. The maximum Gasteiger partial charge on any atom is 0.253 e. The molecule has 16 heavy (non-hydrogen) atoms. The van der Waals surface area contributed by atoms with Crippen LogP contribution in [-0.2, 0) is 0 Å². The third-order valence-electron chi connectivity index (χ3n) is 1.68. The molecule has 0 aliphatic carbocycles. The van der Waals surface area contributed by atoms with E-state index in [4.69, 9.17) is 0 Å². The molecule has 8 heteroatoms. The second kappa shape index (κ2) is 6.75. The first-order valence-electron chi connectivity index (χ1n) is 4.10. The zero-order valence-electron chi connectivity index (χ0n) is 8.70. The molecule has 2 nitrogen and oxygen atoms in total. The predicted molar refractivity (Wildman–Crippen MR) is 52.9 cm³/mol. The summed E-state index contributed by atoms with van der Waals surface area (Å²) in [5.41, 5.74) is -0.853. The van der Waals surface area contributed by atoms with Crippen molar-refractivity contribution in [2.45, 2.75) is 0 Å². The van der Waals surface area contributed by atoms with Gasteiger partial charge in [0.15, 0.2) is 23.3 Å². The van der Waals surface area contributed by atoms with Gasteiger partial charge in [0.05, 0.1) is 5.56 Å². The van der Waals surface area contributed by atoms with Crippen LogP contribution in [0.3, 0.4) is 0 Å². The van der Waals surface area contributed by atoms with Crippen molar-refractivity contribution >= 4 is 65.1 Å². The minimum absolute atomic E-state index is 0. The van der Waals surface area contributed by atoms with Gasteiger partial charge in [0.25, 0.3) is 5.91 Å². The van der Waals surface area contributed by atoms with E-state index in [2.05, 4.69) is 5.32 Å². The normalized spacial score (nSPS) is 9.50. The molecule has 0 spiro atoms. The average Bonchev–Trinajstić information content (AvgIpc) is 2.20. The van der Waals surface area contributed by atoms with Crippen molar-refractivity contribution in [1.29, 1.82) is 0 Å². The molecule has 0 fully saturated rings. The number of carbonyl (C=O) groups excluding carboxylic acids is 1. The topological polar surface area (TPSA) is 29.1 Å². The van der Waals surface area contributed by atoms with Gasteiger partial charge in [-0.1, -0.05) is 0 Å². The van der Waals surface area contributed by atoms with Crippen LogP contribution in [0.5, 0.6) is 0 Å². The fraction of sp³-hybridized carbons (Fsp3) is 0.125. The van der Waals surface area contributed by atoms with Gasteiger partial charge in [0, 0.05) is 51.4 Å². The molecule has 0 bridgehead atoms. The predicted octanol–water partition coefficient (Wildman–Crippen LogP) is 0.183. The molecule has 0 saturated carbocycles. The Hall–Kier alpha value is 0.111. The van der Waals surface area contributed by atoms with E-state index in [1.54, 1.807) is 7.85 Å². The summed E-state index contributed by atoms with van der Waals surface area (Å²) in [4.78, 5) is 11.1. The SMILES string of the molecule is BCNC(=O)c1cc(F)c(F)c(F)c1F.[K]. The zero-order valence-corrected chi connectivity index (χ0v) is 11.8. The van der Waals surface area contributed by atoms with Crippen LogP contribution in [-0.4, -0.2) is 71.6 Å². The summed E-state index contributed by atoms with van der Waals surface area (Å²) >= 11 is 0. The molecule has 0 aliphatic heterocycles. The van der Waals surface area contributed by atoms with Crippen LogP contribution in [0.25, 0.3) is 0 Å². The third kappa shape index (κ3) is 3.30. The molecule has 1 aromatic carbocycles. The number of rotatable bonds is 2. The van der Waals surface area contributed by atoms with Gasteiger partial charge in [-0.3, -0.25) is 4.79 Å². The summed E-state index contributed by atoms with van der Waals surface area (Å²) in [5.74, 6) is -8.21. The van der Waals surface area contributed by atoms with Gasteiger partial charge in [-0.25, -0.2) is 17.6 Å². The minimum atomic E-state index is -1.99. The van der Waals surface area contributed by atoms with Crippen molar-refractivity contribution in [2.24, 2.45) is 0 Å². The number of halogens is 4. The molecule has 1 N–H and O–H groups in total. The van der Waals surface area contributed by atoms with Gasteiger partial charge in [-0.15, -0.1) is 0 Å². The van der Waals surface area contributed by atoms with Crippen molar-refractivity contribution in [1.82, 2.24) is 5.32 Å². The van der Waals surface area contributed by atoms with Gasteiger partial charge in [0.1, 0.15) is 7.85 Å². The number of nitrogens with one attached hydrogen (secondary N) is 1. The first-order chi connectivity index (χ1) is 6.99. The van der Waals surface area contributed by atoms with Gasteiger partial charge < -0.3 is 5.32 Å². The second-order valence-corrected chi connectivity index (χ2v) is 2.71. The van der Waals surface area contributed by atoms with E-state index < -0.39 is 34.7 Å². The Morgan fingerprint density at radius 3 is 2.25 bits per heavy atom. The molecule has 81 valence electrons. The van der Waals surface area contributed by atoms with Crippen LogP contribution >= 0.6 is 0 Å². The van der Waals surface area contributed by atoms with Crippen LogP contribution in [0.2, 0.25) is 0 Å². The maximum atomic E-state index is 13.0. The van der Waals surface area contributed by atoms with Gasteiger partial charge in [-0.05, 0) is 12.5 Å². The van der Waals surface area contributed by atoms with Crippen molar-refractivity contribution in [2.75, 3.05) is 6.44 Å². The fourth-order valence-electron chi connectivity index (χ4n) is 0.994. The van der Waals surface area contributed by atoms with Crippen LogP contribution in [0, 0.1) is 23.3 Å². The minimum Gasteiger partial charge on any atom is -0.360 e. The fourth-order valence-corrected chi connectivity index (χ4v) is 0.994. The molecule has 1 radical (unpaired) electrons. The quantitative estimate of drug-likeness (QED) is 0.349. The smallest absolute Gasteiger partial charge is 0.253 e. The second-order valence-electron chi connectivity index (χ2n) is 2.71. The molecule has 0 aromatic heterocycles. The first kappa shape index (κ1) is 16.1. The molecule has 1 amide bonds. The first-order valence-corrected chi connectivity index (χ1v) is 4.10. The third-order valence-corrected chi connectivity index (χ3v) is 1.68. The molecule has 0 heterocycles. The Labute approximate surface area is 133 Å². The summed E-state index contributed by atoms with van der Waals surface area (Å²) in [7, 11) is 1.55. The van der Waals surface area contributed by atoms with Crippen molar-refractivity contribution in [3.63, 3.8) is 0 Å². The zero-order chi connectivity index (χ0) is 11.6. The monoisotopic (exact) mass is 258 g/mol. The van der Waals surface area contributed by atoms with E-state index in [0.29, 0.717) is 6.07 Å². The van der Waals surface area contributed by atoms with Gasteiger partial charge in [0.2, 0.25) is 0 Å². The van der Waals surface area contributed by atoms with E-state index in [9.17, 15) is 22.4 Å². The maximum absolute atomic E-state index is 13.0. The van der Waals surface area contributed by atoms with Crippen LogP contribution in [0.1, 0.15) is 10.4 Å². The molecule has 0 atom stereocenters. The average molecular weight is 258 g/mol. The Morgan fingerprint density at radius 2 is 1.75 bits per heavy atom. The molecular weight excluding hydrogens is 252 g/mol. The van der Waals surface area contributed by atoms with Crippen LogP contribution in [0.4, 0.5) is 17.6 Å². The molecule has 0 aliphatic rings. The molecule has 0 saturated heterocycles. The summed E-state index contributed by atoms with van der Waals surface area (Å²) in [6.07, 6.45) is 0.166. The summed E-state index contributed by atoms with van der Waals surface area (Å²) < 4.78 is 50.8. The molecule has 1 rings (SSSR count). The largest absolute Gasteiger partial charge is 0.360 e. The number of hydrogen-bond acceptors (Lipinski definition) is 1. The van der Waals surface area contributed by atoms with Crippen molar-refractivity contribution in [3.05, 3.63) is 34.9 Å². The number of benzene rings is 1. The standard InChI is InChI=1S/C8H6BF4NO.K/c9-2-14-8(15)3-1-4(10)6(12)7(13)5(3)11;/h1H,2,9H2,(H,14,15);. The van der Waals surface area contributed by atoms with Crippen molar-refractivity contribution in [3.8, 4) is 0 Å². The molecule has 1 aromatic rings. The van der Waals surface area contributed by atoms with Crippen LogP contribution in [0.15, 0.2) is 6.07 Å². The summed E-state index contributed by atoms with van der Waals surface area (Å²) in [6.45, 7) is 0. The number of carbonyl (C=O) groups is 1. The van der Waals surface area contributed by atoms with E-state index in [1.165, 1.54) is 0 Å². The Bertz CT molecular complexity index is 416. The van der Waals surface area contributed by atoms with E-state index in [1.807, 2.05) is 0 Å². The Morgan fingerprint density at radius 1 is 1.19 bits per heavy atom. The van der Waals surface area contributed by atoms with Crippen LogP contribution < -0.4 is 5.32 Å². The van der Waals surface area contributed by atoms with Gasteiger partial charge >= 0.3 is 0 Å². The molecule has 0 unspecified atom stereocenters. The molecular formula is C8H6BF4KNO. The number of amides is 1. The van der Waals surface area contributed by atoms with Gasteiger partial charge in [-0.2, -0.15) is 0 Å². The summed E-state index contributed by atoms with van der Waals surface area (Å²) in [6, 6.07) is 0.318. The van der Waals surface area contributed by atoms with E-state index in [0.717, 1.165) is 0 Å². The van der Waals surface area contributed by atoms with E-state index in [-0.39, 0.29) is 57.8 Å². The summed E-state index contributed by atoms with van der Waals surface area (Å²) in [5, 5.41) is 2.14. The van der Waals surface area contributed by atoms with E-state index >= 15 is 0 Å². The Kier molecular flexibility index (Phi) is 6.80.